The molecule has 0 radical (unpaired) electrons. The number of anilines is 1. The largest absolute Gasteiger partial charge is 0.467 e. The number of carbonyl (C=O) groups excluding carboxylic acids is 4. The number of carbonyl (C=O) groups is 4. The normalized spacial score (nSPS) is 12.7. The molecule has 9 heteroatoms. The Morgan fingerprint density at radius 1 is 0.939 bits per heavy atom. The minimum atomic E-state index is -0.829. The van der Waals surface area contributed by atoms with Gasteiger partial charge in [0, 0.05) is 29.9 Å². The summed E-state index contributed by atoms with van der Waals surface area (Å²) in [5.74, 6) is -1.68. The van der Waals surface area contributed by atoms with Crippen LogP contribution in [-0.4, -0.2) is 57.1 Å². The molecule has 0 fully saturated rings. The third-order valence-corrected chi connectivity index (χ3v) is 5.39. The highest BCUT2D eigenvalue weighted by Crippen LogP contribution is 2.23. The van der Waals surface area contributed by atoms with Crippen LogP contribution in [0.1, 0.15) is 49.5 Å². The molecule has 9 nitrogen and oxygen atoms in total. The molecule has 1 aliphatic rings. The molecule has 0 aliphatic carbocycles. The molecule has 1 heterocycles. The van der Waals surface area contributed by atoms with Gasteiger partial charge in [-0.05, 0) is 67.3 Å². The molecule has 0 aromatic heterocycles. The monoisotopic (exact) mass is 453 g/mol. The van der Waals surface area contributed by atoms with E-state index in [1.54, 1.807) is 6.07 Å². The first-order valence-corrected chi connectivity index (χ1v) is 10.6. The number of nitrogens with one attached hydrogen (secondary N) is 3. The summed E-state index contributed by atoms with van der Waals surface area (Å²) in [6.07, 6.45) is 1.59. The summed E-state index contributed by atoms with van der Waals surface area (Å²) in [6, 6.07) is 10.7. The zero-order chi connectivity index (χ0) is 23.8. The Balaban J connectivity index is 1.50. The van der Waals surface area contributed by atoms with Gasteiger partial charge in [-0.3, -0.25) is 9.59 Å². The molecule has 0 saturated carbocycles. The number of rotatable bonds is 9. The molecule has 174 valence electrons. The van der Waals surface area contributed by atoms with Crippen molar-refractivity contribution in [3.05, 3.63) is 64.7 Å². The van der Waals surface area contributed by atoms with Gasteiger partial charge in [-0.2, -0.15) is 0 Å². The topological polar surface area (TPSA) is 123 Å². The van der Waals surface area contributed by atoms with Crippen LogP contribution in [0.25, 0.3) is 0 Å². The average Bonchev–Trinajstić information content (AvgIpc) is 3.32. The fourth-order valence-electron chi connectivity index (χ4n) is 3.56. The van der Waals surface area contributed by atoms with Crippen molar-refractivity contribution in [1.82, 2.24) is 10.6 Å². The van der Waals surface area contributed by atoms with Crippen molar-refractivity contribution >= 4 is 29.4 Å². The maximum Gasteiger partial charge on any atom is 0.337 e. The molecule has 1 unspecified atom stereocenters. The van der Waals surface area contributed by atoms with Crippen molar-refractivity contribution in [1.29, 1.82) is 0 Å². The van der Waals surface area contributed by atoms with E-state index in [-0.39, 0.29) is 11.8 Å². The van der Waals surface area contributed by atoms with Gasteiger partial charge in [0.05, 0.1) is 19.8 Å². The zero-order valence-corrected chi connectivity index (χ0v) is 18.6. The van der Waals surface area contributed by atoms with E-state index < -0.39 is 18.0 Å². The molecule has 0 saturated heterocycles. The number of methoxy groups -OCH3 is 2. The van der Waals surface area contributed by atoms with E-state index in [1.807, 2.05) is 12.1 Å². The summed E-state index contributed by atoms with van der Waals surface area (Å²) in [5.41, 5.74) is 3.32. The highest BCUT2D eigenvalue weighted by atomic mass is 16.5. The lowest BCUT2D eigenvalue weighted by Gasteiger charge is -2.17. The molecular weight excluding hydrogens is 426 g/mol. The first-order valence-electron chi connectivity index (χ1n) is 10.6. The van der Waals surface area contributed by atoms with Crippen LogP contribution < -0.4 is 16.0 Å². The Hall–Kier alpha value is -3.88. The Bertz CT molecular complexity index is 1030. The maximum absolute atomic E-state index is 12.7. The Morgan fingerprint density at radius 3 is 2.33 bits per heavy atom. The first kappa shape index (κ1) is 23.8. The second kappa shape index (κ2) is 11.1. The van der Waals surface area contributed by atoms with Crippen LogP contribution in [0.15, 0.2) is 42.5 Å². The lowest BCUT2D eigenvalue weighted by atomic mass is 10.1. The summed E-state index contributed by atoms with van der Waals surface area (Å²) >= 11 is 0. The van der Waals surface area contributed by atoms with Gasteiger partial charge in [-0.1, -0.05) is 0 Å². The Morgan fingerprint density at radius 2 is 1.64 bits per heavy atom. The molecule has 0 spiro atoms. The summed E-state index contributed by atoms with van der Waals surface area (Å²) in [7, 11) is 2.55. The van der Waals surface area contributed by atoms with Crippen LogP contribution in [0.5, 0.6) is 0 Å². The lowest BCUT2D eigenvalue weighted by Crippen LogP contribution is -2.42. The molecule has 2 aromatic rings. The molecular formula is C24H27N3O6. The van der Waals surface area contributed by atoms with Crippen LogP contribution >= 0.6 is 0 Å². The van der Waals surface area contributed by atoms with E-state index in [0.717, 1.165) is 24.2 Å². The number of amides is 2. The minimum Gasteiger partial charge on any atom is -0.467 e. The predicted molar refractivity (Wildman–Crippen MR) is 121 cm³/mol. The van der Waals surface area contributed by atoms with Crippen LogP contribution in [0.4, 0.5) is 5.69 Å². The molecule has 0 bridgehead atoms. The van der Waals surface area contributed by atoms with E-state index in [0.29, 0.717) is 36.1 Å². The van der Waals surface area contributed by atoms with E-state index in [4.69, 9.17) is 4.74 Å². The van der Waals surface area contributed by atoms with Gasteiger partial charge in [0.2, 0.25) is 0 Å². The lowest BCUT2D eigenvalue weighted by molar-refractivity contribution is -0.143. The summed E-state index contributed by atoms with van der Waals surface area (Å²) in [5, 5.41) is 8.73. The molecule has 1 atom stereocenters. The molecule has 3 N–H and O–H groups in total. The second-order valence-corrected chi connectivity index (χ2v) is 7.56. The number of ether oxygens (including phenoxy) is 2. The smallest absolute Gasteiger partial charge is 0.337 e. The summed E-state index contributed by atoms with van der Waals surface area (Å²) in [6.45, 7) is 1.14. The van der Waals surface area contributed by atoms with Crippen molar-refractivity contribution in [2.45, 2.75) is 25.3 Å². The number of hydrogen-bond acceptors (Lipinski definition) is 7. The Labute approximate surface area is 191 Å². The fraction of sp³-hybridized carbons (Fsp3) is 0.333. The van der Waals surface area contributed by atoms with Gasteiger partial charge in [-0.15, -0.1) is 0 Å². The average molecular weight is 453 g/mol. The van der Waals surface area contributed by atoms with Gasteiger partial charge in [0.25, 0.3) is 11.8 Å². The Kier molecular flexibility index (Phi) is 8.01. The number of hydrogen-bond donors (Lipinski definition) is 3. The number of fused-ring (bicyclic) bond motifs is 1. The van der Waals surface area contributed by atoms with Crippen LogP contribution in [0.3, 0.4) is 0 Å². The summed E-state index contributed by atoms with van der Waals surface area (Å²) in [4.78, 5) is 48.6. The molecule has 3 rings (SSSR count). The molecule has 2 aromatic carbocycles. The van der Waals surface area contributed by atoms with Gasteiger partial charge < -0.3 is 25.4 Å². The maximum atomic E-state index is 12.7. The van der Waals surface area contributed by atoms with Crippen molar-refractivity contribution in [2.24, 2.45) is 0 Å². The highest BCUT2D eigenvalue weighted by Gasteiger charge is 2.23. The van der Waals surface area contributed by atoms with Gasteiger partial charge in [-0.25, -0.2) is 9.59 Å². The van der Waals surface area contributed by atoms with Gasteiger partial charge in [0.15, 0.2) is 0 Å². The van der Waals surface area contributed by atoms with Gasteiger partial charge in [0.1, 0.15) is 6.04 Å². The van der Waals surface area contributed by atoms with Crippen LogP contribution in [-0.2, 0) is 20.7 Å². The zero-order valence-electron chi connectivity index (χ0n) is 18.6. The van der Waals surface area contributed by atoms with Crippen LogP contribution in [0.2, 0.25) is 0 Å². The second-order valence-electron chi connectivity index (χ2n) is 7.56. The van der Waals surface area contributed by atoms with Gasteiger partial charge >= 0.3 is 11.9 Å². The standard InChI is InChI=1S/C24H27N3O6/c1-32-23(30)16-7-5-15(6-8-16)21(28)26-12-3-4-20(24(31)33-2)27-22(29)18-9-10-19-17(14-18)11-13-25-19/h5-10,14,20,25H,3-4,11-13H2,1-2H3,(H,26,28)(H,27,29). The van der Waals surface area contributed by atoms with E-state index >= 15 is 0 Å². The SMILES string of the molecule is COC(=O)c1ccc(C(=O)NCCCC(NC(=O)c2ccc3c(c2)CCN3)C(=O)OC)cc1. The third kappa shape index (κ3) is 6.09. The number of esters is 2. The highest BCUT2D eigenvalue weighted by molar-refractivity contribution is 5.97. The molecule has 1 aliphatic heterocycles. The van der Waals surface area contributed by atoms with Crippen molar-refractivity contribution < 1.29 is 28.7 Å². The van der Waals surface area contributed by atoms with E-state index in [2.05, 4.69) is 20.7 Å². The van der Waals surface area contributed by atoms with E-state index in [9.17, 15) is 19.2 Å². The van der Waals surface area contributed by atoms with Crippen molar-refractivity contribution in [3.8, 4) is 0 Å². The quantitative estimate of drug-likeness (QED) is 0.392. The van der Waals surface area contributed by atoms with E-state index in [1.165, 1.54) is 38.5 Å². The van der Waals surface area contributed by atoms with Crippen molar-refractivity contribution in [3.63, 3.8) is 0 Å². The predicted octanol–water partition coefficient (Wildman–Crippen LogP) is 1.92. The van der Waals surface area contributed by atoms with Crippen molar-refractivity contribution in [2.75, 3.05) is 32.6 Å². The minimum absolute atomic E-state index is 0.297. The first-order chi connectivity index (χ1) is 15.9. The van der Waals surface area contributed by atoms with Crippen LogP contribution in [0, 0.1) is 0 Å². The fourth-order valence-corrected chi connectivity index (χ4v) is 3.56. The molecule has 33 heavy (non-hydrogen) atoms. The molecule has 2 amide bonds. The summed E-state index contributed by atoms with van der Waals surface area (Å²) < 4.78 is 9.45. The third-order valence-electron chi connectivity index (χ3n) is 5.39. The number of benzene rings is 2.